The van der Waals surface area contributed by atoms with Gasteiger partial charge in [-0.25, -0.2) is 0 Å². The molecule has 0 bridgehead atoms. The molecule has 3 aromatic rings. The number of allylic oxidation sites excluding steroid dienone is 10. The minimum absolute atomic E-state index is 0. The molecular weight excluding hydrogens is 798 g/mol. The molecule has 0 aromatic heterocycles. The van der Waals surface area contributed by atoms with E-state index in [-0.39, 0.29) is 49.6 Å². The van der Waals surface area contributed by atoms with Crippen LogP contribution in [0.4, 0.5) is 0 Å². The third-order valence-corrected chi connectivity index (χ3v) is 25.9. The van der Waals surface area contributed by atoms with E-state index in [2.05, 4.69) is 153 Å². The van der Waals surface area contributed by atoms with Crippen molar-refractivity contribution in [3.63, 3.8) is 0 Å². The van der Waals surface area contributed by atoms with Gasteiger partial charge in [-0.3, -0.25) is 0 Å². The Hall–Kier alpha value is -1.73. The quantitative estimate of drug-likeness (QED) is 0.253. The average Bonchev–Trinajstić information content (AvgIpc) is 3.75. The van der Waals surface area contributed by atoms with Gasteiger partial charge in [-0.05, 0) is 0 Å². The number of hydrogen-bond donors (Lipinski definition) is 0. The molecule has 5 aliphatic rings. The van der Waals surface area contributed by atoms with Crippen molar-refractivity contribution in [3.8, 4) is 0 Å². The molecule has 1 fully saturated rings. The molecular formula is C47H50Cl4Zr. The number of fused-ring (bicyclic) bond motifs is 6. The first-order chi connectivity index (χ1) is 23.7. The Labute approximate surface area is 342 Å². The summed E-state index contributed by atoms with van der Waals surface area (Å²) in [4.78, 5) is 0. The van der Waals surface area contributed by atoms with Crippen molar-refractivity contribution in [3.05, 3.63) is 158 Å². The summed E-state index contributed by atoms with van der Waals surface area (Å²) >= 11 is 10.7. The minimum Gasteiger partial charge on any atom is -1.00 e. The van der Waals surface area contributed by atoms with Crippen LogP contribution in [0.15, 0.2) is 126 Å². The van der Waals surface area contributed by atoms with Crippen LogP contribution >= 0.6 is 23.2 Å². The smallest absolute Gasteiger partial charge is 1.00 e. The van der Waals surface area contributed by atoms with Crippen molar-refractivity contribution in [2.24, 2.45) is 27.6 Å². The fourth-order valence-electron chi connectivity index (χ4n) is 11.5. The first kappa shape index (κ1) is 40.0. The Morgan fingerprint density at radius 1 is 0.712 bits per heavy atom. The molecule has 52 heavy (non-hydrogen) atoms. The van der Waals surface area contributed by atoms with Crippen molar-refractivity contribution in [2.75, 3.05) is 0 Å². The normalized spacial score (nSPS) is 27.1. The molecule has 0 radical (unpaired) electrons. The average molecular weight is 848 g/mol. The molecule has 0 nitrogen and oxygen atoms in total. The predicted octanol–water partition coefficient (Wildman–Crippen LogP) is 7.67. The second kappa shape index (κ2) is 13.8. The summed E-state index contributed by atoms with van der Waals surface area (Å²) in [6.45, 7) is 21.3. The molecule has 0 saturated heterocycles. The maximum Gasteiger partial charge on any atom is -1.00 e. The molecule has 270 valence electrons. The molecule has 0 N–H and O–H groups in total. The van der Waals surface area contributed by atoms with Gasteiger partial charge in [0.05, 0.1) is 0 Å². The second-order valence-electron chi connectivity index (χ2n) is 17.4. The van der Waals surface area contributed by atoms with Gasteiger partial charge in [0.25, 0.3) is 0 Å². The molecule has 8 rings (SSSR count). The number of benzene rings is 3. The summed E-state index contributed by atoms with van der Waals surface area (Å²) < 4.78 is 1.81. The van der Waals surface area contributed by atoms with Crippen molar-refractivity contribution in [1.82, 2.24) is 0 Å². The van der Waals surface area contributed by atoms with Crippen molar-refractivity contribution in [1.29, 1.82) is 0 Å². The predicted molar refractivity (Wildman–Crippen MR) is 212 cm³/mol. The van der Waals surface area contributed by atoms with E-state index in [1.54, 1.807) is 22.3 Å². The molecule has 5 aliphatic carbocycles. The van der Waals surface area contributed by atoms with Crippen molar-refractivity contribution >= 4 is 32.0 Å². The third kappa shape index (κ3) is 5.26. The maximum atomic E-state index is 6.90. The van der Waals surface area contributed by atoms with Crippen LogP contribution in [0.3, 0.4) is 0 Å². The Bertz CT molecular complexity index is 2080. The molecule has 0 aliphatic heterocycles. The topological polar surface area (TPSA) is 0 Å². The van der Waals surface area contributed by atoms with Crippen LogP contribution in [0.2, 0.25) is 16.8 Å². The standard InChI is InChI=1S/C29H37.C13H8Cl2.C5H5.2ClH.Zr/c1-18-25-22-17-19-13-9-10-14-20(19)24(22)21-15-11-12-16-23(21)29(25,8)28(6,7)27(4,5)26(18,2)3;14-12-5-1-3-10(8-12)7-11-4-2-6-13(15)9-11;1-2-4-5-3-1;;;/h9-11,13-15,23H,12,16-17H2,1-8H3;1-6,8-9H;1-5H;2*1H;/q;;;;;+2/p-2. The van der Waals surface area contributed by atoms with Gasteiger partial charge in [0, 0.05) is 0 Å². The van der Waals surface area contributed by atoms with E-state index in [4.69, 9.17) is 23.2 Å². The van der Waals surface area contributed by atoms with Crippen LogP contribution in [0, 0.1) is 27.6 Å². The summed E-state index contributed by atoms with van der Waals surface area (Å²) in [5, 5.41) is 1.58. The van der Waals surface area contributed by atoms with E-state index in [0.29, 0.717) is 9.54 Å². The van der Waals surface area contributed by atoms with E-state index in [1.165, 1.54) is 31.9 Å². The van der Waals surface area contributed by atoms with Gasteiger partial charge in [0.15, 0.2) is 0 Å². The van der Waals surface area contributed by atoms with Crippen molar-refractivity contribution in [2.45, 2.75) is 81.4 Å². The molecule has 1 saturated carbocycles. The number of hydrogen-bond acceptors (Lipinski definition) is 0. The summed E-state index contributed by atoms with van der Waals surface area (Å²) in [6.07, 6.45) is 18.0. The zero-order chi connectivity index (χ0) is 35.4. The maximum absolute atomic E-state index is 6.90. The van der Waals surface area contributed by atoms with Crippen LogP contribution in [0.5, 0.6) is 0 Å². The fourth-order valence-corrected chi connectivity index (χ4v) is 23.5. The van der Waals surface area contributed by atoms with Gasteiger partial charge in [0.2, 0.25) is 0 Å². The molecule has 3 atom stereocenters. The first-order valence-electron chi connectivity index (χ1n) is 18.5. The Balaban J connectivity index is 0.00000232. The molecule has 3 aromatic carbocycles. The van der Waals surface area contributed by atoms with Gasteiger partial charge in [0.1, 0.15) is 0 Å². The zero-order valence-electron chi connectivity index (χ0n) is 31.7. The fraction of sp³-hybridized carbons (Fsp3) is 0.383. The summed E-state index contributed by atoms with van der Waals surface area (Å²) in [7, 11) is 0. The van der Waals surface area contributed by atoms with Gasteiger partial charge in [-0.1, -0.05) is 0 Å². The third-order valence-electron chi connectivity index (χ3n) is 15.3. The Morgan fingerprint density at radius 3 is 1.90 bits per heavy atom. The van der Waals surface area contributed by atoms with Crippen LogP contribution in [-0.2, 0) is 27.7 Å². The zero-order valence-corrected chi connectivity index (χ0v) is 37.2. The second-order valence-corrected chi connectivity index (χ2v) is 25.6. The van der Waals surface area contributed by atoms with Gasteiger partial charge in [-0.2, -0.15) is 0 Å². The van der Waals surface area contributed by atoms with Gasteiger partial charge in [-0.15, -0.1) is 0 Å². The first-order valence-corrected chi connectivity index (χ1v) is 23.2. The van der Waals surface area contributed by atoms with E-state index in [9.17, 15) is 0 Å². The van der Waals surface area contributed by atoms with Crippen LogP contribution in [0.25, 0.3) is 5.57 Å². The summed E-state index contributed by atoms with van der Waals surface area (Å²) in [5.74, 6) is 0.456. The Kier molecular flexibility index (Phi) is 10.6. The van der Waals surface area contributed by atoms with E-state index in [1.807, 2.05) is 12.1 Å². The Morgan fingerprint density at radius 2 is 1.31 bits per heavy atom. The molecule has 0 spiro atoms. The van der Waals surface area contributed by atoms with Crippen LogP contribution in [-0.4, -0.2) is 3.21 Å². The van der Waals surface area contributed by atoms with E-state index >= 15 is 0 Å². The molecule has 3 unspecified atom stereocenters. The number of rotatable bonds is 4. The summed E-state index contributed by atoms with van der Waals surface area (Å²) in [6, 6.07) is 26.7. The van der Waals surface area contributed by atoms with Crippen LogP contribution < -0.4 is 24.8 Å². The largest absolute Gasteiger partial charge is 1.00 e. The van der Waals surface area contributed by atoms with Gasteiger partial charge >= 0.3 is 320 Å². The molecule has 5 heteroatoms. The SMILES string of the molecule is CC12C(=C3Cc4ccccc4C3=C3C=CCCC31)[C](C)([Zr+2](=[C](c1cccc(Cl)c1)c1cccc(Cl)c1)[CH]1C=CC=C1)C(C)(C)C(C)(C)C2(C)C.[Cl-].[Cl-]. The monoisotopic (exact) mass is 844 g/mol. The van der Waals surface area contributed by atoms with E-state index < -0.39 is 21.3 Å². The summed E-state index contributed by atoms with van der Waals surface area (Å²) in [5.41, 5.74) is 11.9. The molecule has 0 heterocycles. The van der Waals surface area contributed by atoms with Crippen molar-refractivity contribution < 1.29 is 46.1 Å². The minimum atomic E-state index is -3.11. The van der Waals surface area contributed by atoms with E-state index in [0.717, 1.165) is 22.9 Å². The van der Waals surface area contributed by atoms with Gasteiger partial charge < -0.3 is 24.8 Å². The number of halogens is 4. The van der Waals surface area contributed by atoms with Crippen LogP contribution in [0.1, 0.15) is 90.5 Å². The molecule has 0 amide bonds.